The van der Waals surface area contributed by atoms with Crippen LogP contribution < -0.4 is 11.2 Å². The van der Waals surface area contributed by atoms with Crippen molar-refractivity contribution < 1.29 is 9.53 Å². The Morgan fingerprint density at radius 3 is 2.57 bits per heavy atom. The van der Waals surface area contributed by atoms with Gasteiger partial charge in [-0.15, -0.1) is 11.3 Å². The molecule has 0 unspecified atom stereocenters. The predicted octanol–water partition coefficient (Wildman–Crippen LogP) is 2.19. The van der Waals surface area contributed by atoms with Crippen LogP contribution in [0.1, 0.15) is 20.8 Å². The summed E-state index contributed by atoms with van der Waals surface area (Å²) in [5.41, 5.74) is -0.749. The Kier molecular flexibility index (Phi) is 5.44. The van der Waals surface area contributed by atoms with Crippen molar-refractivity contribution in [1.29, 1.82) is 0 Å². The van der Waals surface area contributed by atoms with E-state index in [2.05, 4.69) is 9.97 Å². The largest absolute Gasteiger partial charge is 0.465 e. The van der Waals surface area contributed by atoms with Crippen molar-refractivity contribution in [1.82, 2.24) is 19.1 Å². The van der Waals surface area contributed by atoms with Crippen LogP contribution in [0.2, 0.25) is 0 Å². The fourth-order valence-corrected chi connectivity index (χ4v) is 4.30. The smallest absolute Gasteiger partial charge is 0.332 e. The minimum absolute atomic E-state index is 0.201. The minimum atomic E-state index is -0.982. The summed E-state index contributed by atoms with van der Waals surface area (Å²) in [6.45, 7) is 5.41. The van der Waals surface area contributed by atoms with Crippen LogP contribution in [0.3, 0.4) is 0 Å². The molecule has 0 saturated heterocycles. The Labute approximate surface area is 169 Å². The number of hydrogen-bond acceptors (Lipinski definition) is 8. The van der Waals surface area contributed by atoms with Gasteiger partial charge in [0.05, 0.1) is 11.5 Å². The zero-order chi connectivity index (χ0) is 20.6. The van der Waals surface area contributed by atoms with Gasteiger partial charge in [0.2, 0.25) is 0 Å². The monoisotopic (exact) mass is 420 g/mol. The maximum absolute atomic E-state index is 12.8. The van der Waals surface area contributed by atoms with Gasteiger partial charge in [-0.3, -0.25) is 18.7 Å². The lowest BCUT2D eigenvalue weighted by atomic mass is 10.2. The molecule has 0 radical (unpaired) electrons. The van der Waals surface area contributed by atoms with E-state index in [1.807, 2.05) is 17.5 Å². The fourth-order valence-electron chi connectivity index (χ4n) is 2.61. The molecule has 8 nitrogen and oxygen atoms in total. The molecular weight excluding hydrogens is 400 g/mol. The van der Waals surface area contributed by atoms with Crippen molar-refractivity contribution in [3.05, 3.63) is 38.4 Å². The molecule has 148 valence electrons. The Morgan fingerprint density at radius 2 is 1.96 bits per heavy atom. The number of fused-ring (bicyclic) bond motifs is 1. The van der Waals surface area contributed by atoms with Gasteiger partial charge in [0, 0.05) is 14.1 Å². The van der Waals surface area contributed by atoms with Crippen LogP contribution in [0.15, 0.2) is 32.1 Å². The number of thioether (sulfide) groups is 1. The highest BCUT2D eigenvalue weighted by Crippen LogP contribution is 2.36. The first-order chi connectivity index (χ1) is 13.2. The van der Waals surface area contributed by atoms with Gasteiger partial charge < -0.3 is 4.74 Å². The van der Waals surface area contributed by atoms with Crippen LogP contribution in [0.5, 0.6) is 0 Å². The molecule has 10 heteroatoms. The standard InChI is InChI=1S/C18H20N4O4S2/c1-6-26-16(24)18(2,3)28-14-11-13(21(4)17(25)22(5)15(11)23)19-12(20-14)10-8-7-9-27-10/h7-9H,6H2,1-5H3. The van der Waals surface area contributed by atoms with E-state index >= 15 is 0 Å². The quantitative estimate of drug-likeness (QED) is 0.355. The molecule has 0 aliphatic carbocycles. The highest BCUT2D eigenvalue weighted by atomic mass is 32.2. The average molecular weight is 421 g/mol. The zero-order valence-electron chi connectivity index (χ0n) is 16.2. The maximum atomic E-state index is 12.8. The summed E-state index contributed by atoms with van der Waals surface area (Å²) in [6, 6.07) is 3.72. The first-order valence-corrected chi connectivity index (χ1v) is 10.2. The first-order valence-electron chi connectivity index (χ1n) is 8.55. The minimum Gasteiger partial charge on any atom is -0.465 e. The predicted molar refractivity (Wildman–Crippen MR) is 110 cm³/mol. The molecule has 0 spiro atoms. The second kappa shape index (κ2) is 7.51. The molecule has 0 aromatic carbocycles. The highest BCUT2D eigenvalue weighted by Gasteiger charge is 2.33. The van der Waals surface area contributed by atoms with Gasteiger partial charge in [0.25, 0.3) is 5.56 Å². The number of ether oxygens (including phenoxy) is 1. The number of hydrogen-bond donors (Lipinski definition) is 0. The number of carbonyl (C=O) groups excluding carboxylic acids is 1. The lowest BCUT2D eigenvalue weighted by Gasteiger charge is -2.22. The van der Waals surface area contributed by atoms with Crippen molar-refractivity contribution in [2.45, 2.75) is 30.5 Å². The number of nitrogens with zero attached hydrogens (tertiary/aromatic N) is 4. The Morgan fingerprint density at radius 1 is 1.25 bits per heavy atom. The molecule has 28 heavy (non-hydrogen) atoms. The number of carbonyl (C=O) groups is 1. The molecule has 0 fully saturated rings. The topological polar surface area (TPSA) is 96.1 Å². The number of esters is 1. The van der Waals surface area contributed by atoms with E-state index in [0.29, 0.717) is 10.9 Å². The number of aryl methyl sites for hydroxylation is 1. The molecule has 0 bridgehead atoms. The lowest BCUT2D eigenvalue weighted by Crippen LogP contribution is -2.38. The van der Waals surface area contributed by atoms with Crippen molar-refractivity contribution in [3.8, 4) is 10.7 Å². The van der Waals surface area contributed by atoms with E-state index in [1.165, 1.54) is 23.0 Å². The molecule has 3 aromatic rings. The highest BCUT2D eigenvalue weighted by molar-refractivity contribution is 8.01. The van der Waals surface area contributed by atoms with Crippen LogP contribution in [0.4, 0.5) is 0 Å². The van der Waals surface area contributed by atoms with E-state index in [9.17, 15) is 14.4 Å². The van der Waals surface area contributed by atoms with Crippen molar-refractivity contribution >= 4 is 40.1 Å². The fraction of sp³-hybridized carbons (Fsp3) is 0.389. The molecule has 0 aliphatic rings. The molecule has 0 aliphatic heterocycles. The van der Waals surface area contributed by atoms with E-state index in [1.54, 1.807) is 27.8 Å². The number of thiophene rings is 1. The third-order valence-electron chi connectivity index (χ3n) is 4.13. The van der Waals surface area contributed by atoms with E-state index in [4.69, 9.17) is 4.74 Å². The molecule has 3 rings (SSSR count). The normalized spacial score (nSPS) is 11.8. The van der Waals surface area contributed by atoms with Gasteiger partial charge >= 0.3 is 11.7 Å². The number of aromatic nitrogens is 4. The number of rotatable bonds is 5. The van der Waals surface area contributed by atoms with Gasteiger partial charge in [-0.2, -0.15) is 0 Å². The van der Waals surface area contributed by atoms with Crippen LogP contribution >= 0.6 is 23.1 Å². The van der Waals surface area contributed by atoms with Gasteiger partial charge in [0.15, 0.2) is 11.5 Å². The summed E-state index contributed by atoms with van der Waals surface area (Å²) in [6.07, 6.45) is 0. The molecule has 0 saturated carbocycles. The van der Waals surface area contributed by atoms with E-state index < -0.39 is 22.0 Å². The van der Waals surface area contributed by atoms with Gasteiger partial charge in [-0.05, 0) is 32.2 Å². The summed E-state index contributed by atoms with van der Waals surface area (Å²) >= 11 is 2.57. The Balaban J connectivity index is 2.32. The van der Waals surface area contributed by atoms with E-state index in [0.717, 1.165) is 21.2 Å². The second-order valence-electron chi connectivity index (χ2n) is 6.57. The van der Waals surface area contributed by atoms with Crippen molar-refractivity contribution in [2.75, 3.05) is 6.61 Å². The third-order valence-corrected chi connectivity index (χ3v) is 6.16. The van der Waals surface area contributed by atoms with Crippen LogP contribution in [0.25, 0.3) is 21.7 Å². The van der Waals surface area contributed by atoms with Crippen LogP contribution in [-0.2, 0) is 23.6 Å². The molecule has 3 heterocycles. The summed E-state index contributed by atoms with van der Waals surface area (Å²) in [7, 11) is 2.96. The van der Waals surface area contributed by atoms with Crippen LogP contribution in [-0.4, -0.2) is 36.4 Å². The SMILES string of the molecule is CCOC(=O)C(C)(C)Sc1nc(-c2cccs2)nc2c1c(=O)n(C)c(=O)n2C. The summed E-state index contributed by atoms with van der Waals surface area (Å²) in [4.78, 5) is 47.4. The molecule has 0 N–H and O–H groups in total. The molecule has 0 amide bonds. The van der Waals surface area contributed by atoms with Gasteiger partial charge in [0.1, 0.15) is 15.2 Å². The summed E-state index contributed by atoms with van der Waals surface area (Å²) in [5.74, 6) is -0.0148. The molecule has 3 aromatic heterocycles. The zero-order valence-corrected chi connectivity index (χ0v) is 17.8. The van der Waals surface area contributed by atoms with E-state index in [-0.39, 0.29) is 17.6 Å². The van der Waals surface area contributed by atoms with Gasteiger partial charge in [-0.25, -0.2) is 14.8 Å². The third kappa shape index (κ3) is 3.49. The van der Waals surface area contributed by atoms with Crippen molar-refractivity contribution in [3.63, 3.8) is 0 Å². The Bertz CT molecular complexity index is 1160. The summed E-state index contributed by atoms with van der Waals surface area (Å²) < 4.78 is 6.50. The lowest BCUT2D eigenvalue weighted by molar-refractivity contribution is -0.145. The van der Waals surface area contributed by atoms with Crippen molar-refractivity contribution in [2.24, 2.45) is 14.1 Å². The molecular formula is C18H20N4O4S2. The van der Waals surface area contributed by atoms with Crippen LogP contribution in [0, 0.1) is 0 Å². The maximum Gasteiger partial charge on any atom is 0.332 e. The molecule has 0 atom stereocenters. The second-order valence-corrected chi connectivity index (χ2v) is 9.13. The van der Waals surface area contributed by atoms with Gasteiger partial charge in [-0.1, -0.05) is 17.8 Å². The summed E-state index contributed by atoms with van der Waals surface area (Å²) in [5, 5.41) is 2.43. The first kappa shape index (κ1) is 20.3. The Hall–Kier alpha value is -2.46. The average Bonchev–Trinajstić information content (AvgIpc) is 3.18.